The van der Waals surface area contributed by atoms with Crippen molar-refractivity contribution in [3.05, 3.63) is 17.0 Å². The minimum Gasteiger partial charge on any atom is -0.352 e. The average Bonchev–Trinajstić information content (AvgIpc) is 2.83. The summed E-state index contributed by atoms with van der Waals surface area (Å²) in [6.07, 6.45) is 3.83. The standard InChI is InChI=1S/C13H21N3O/c1-8-5-4-6-11(8)7-14-13(17)12-9(2)15-16-10(12)3/h8,11H,4-7H2,1-3H3,(H,14,17)(H,15,16). The molecule has 17 heavy (non-hydrogen) atoms. The molecule has 1 fully saturated rings. The van der Waals surface area contributed by atoms with Gasteiger partial charge in [0.05, 0.1) is 11.3 Å². The van der Waals surface area contributed by atoms with Crippen LogP contribution in [-0.2, 0) is 0 Å². The summed E-state index contributed by atoms with van der Waals surface area (Å²) in [5.74, 6) is 1.39. The fourth-order valence-corrected chi connectivity index (χ4v) is 2.72. The van der Waals surface area contributed by atoms with Crippen LogP contribution in [0.3, 0.4) is 0 Å². The van der Waals surface area contributed by atoms with Gasteiger partial charge in [-0.3, -0.25) is 9.89 Å². The van der Waals surface area contributed by atoms with Gasteiger partial charge in [-0.05, 0) is 32.1 Å². The van der Waals surface area contributed by atoms with Crippen molar-refractivity contribution in [2.75, 3.05) is 6.54 Å². The minimum atomic E-state index is 0.00727. The highest BCUT2D eigenvalue weighted by atomic mass is 16.1. The van der Waals surface area contributed by atoms with E-state index in [4.69, 9.17) is 0 Å². The van der Waals surface area contributed by atoms with E-state index in [9.17, 15) is 4.79 Å². The molecule has 1 aliphatic carbocycles. The van der Waals surface area contributed by atoms with Gasteiger partial charge in [-0.25, -0.2) is 0 Å². The Morgan fingerprint density at radius 2 is 2.24 bits per heavy atom. The molecule has 1 aromatic rings. The summed E-state index contributed by atoms with van der Waals surface area (Å²) in [5, 5.41) is 9.93. The lowest BCUT2D eigenvalue weighted by molar-refractivity contribution is 0.0943. The highest BCUT2D eigenvalue weighted by Gasteiger charge is 2.24. The third-order valence-corrected chi connectivity index (χ3v) is 3.92. The van der Waals surface area contributed by atoms with Gasteiger partial charge in [-0.2, -0.15) is 5.10 Å². The number of aryl methyl sites for hydroxylation is 2. The van der Waals surface area contributed by atoms with Crippen molar-refractivity contribution in [2.45, 2.75) is 40.0 Å². The molecule has 0 aliphatic heterocycles. The van der Waals surface area contributed by atoms with Crippen molar-refractivity contribution < 1.29 is 4.79 Å². The molecule has 1 heterocycles. The molecule has 2 N–H and O–H groups in total. The van der Waals surface area contributed by atoms with Gasteiger partial charge in [-0.1, -0.05) is 19.8 Å². The van der Waals surface area contributed by atoms with Crippen LogP contribution in [0.15, 0.2) is 0 Å². The Labute approximate surface area is 102 Å². The number of aromatic amines is 1. The molecule has 2 atom stereocenters. The van der Waals surface area contributed by atoms with E-state index in [0.29, 0.717) is 11.5 Å². The molecule has 4 heteroatoms. The molecule has 2 unspecified atom stereocenters. The Hall–Kier alpha value is -1.32. The van der Waals surface area contributed by atoms with Crippen LogP contribution in [-0.4, -0.2) is 22.6 Å². The highest BCUT2D eigenvalue weighted by Crippen LogP contribution is 2.30. The molecule has 0 aromatic carbocycles. The van der Waals surface area contributed by atoms with E-state index in [0.717, 1.165) is 23.9 Å². The second-order valence-corrected chi connectivity index (χ2v) is 5.19. The maximum Gasteiger partial charge on any atom is 0.255 e. The summed E-state index contributed by atoms with van der Waals surface area (Å²) in [7, 11) is 0. The summed E-state index contributed by atoms with van der Waals surface area (Å²) < 4.78 is 0. The molecule has 0 spiro atoms. The quantitative estimate of drug-likeness (QED) is 0.843. The SMILES string of the molecule is Cc1n[nH]c(C)c1C(=O)NCC1CCCC1C. The molecule has 0 saturated heterocycles. The third kappa shape index (κ3) is 2.51. The molecule has 2 rings (SSSR count). The lowest BCUT2D eigenvalue weighted by atomic mass is 9.98. The maximum absolute atomic E-state index is 12.0. The van der Waals surface area contributed by atoms with Crippen molar-refractivity contribution in [1.29, 1.82) is 0 Å². The summed E-state index contributed by atoms with van der Waals surface area (Å²) >= 11 is 0. The summed E-state index contributed by atoms with van der Waals surface area (Å²) in [6, 6.07) is 0. The van der Waals surface area contributed by atoms with Crippen LogP contribution >= 0.6 is 0 Å². The number of H-pyrrole nitrogens is 1. The van der Waals surface area contributed by atoms with Crippen LogP contribution in [0.1, 0.15) is 47.9 Å². The number of hydrogen-bond donors (Lipinski definition) is 2. The lowest BCUT2D eigenvalue weighted by Crippen LogP contribution is -2.30. The molecule has 0 bridgehead atoms. The van der Waals surface area contributed by atoms with E-state index < -0.39 is 0 Å². The van der Waals surface area contributed by atoms with Gasteiger partial charge in [0.15, 0.2) is 0 Å². The van der Waals surface area contributed by atoms with Crippen LogP contribution < -0.4 is 5.32 Å². The van der Waals surface area contributed by atoms with Gasteiger partial charge >= 0.3 is 0 Å². The van der Waals surface area contributed by atoms with Gasteiger partial charge in [0.1, 0.15) is 0 Å². The predicted octanol–water partition coefficient (Wildman–Crippen LogP) is 2.19. The zero-order valence-corrected chi connectivity index (χ0v) is 10.8. The van der Waals surface area contributed by atoms with Gasteiger partial charge < -0.3 is 5.32 Å². The molecular formula is C13H21N3O. The van der Waals surface area contributed by atoms with Crippen molar-refractivity contribution in [3.63, 3.8) is 0 Å². The van der Waals surface area contributed by atoms with E-state index in [1.807, 2.05) is 13.8 Å². The van der Waals surface area contributed by atoms with Crippen LogP contribution in [0, 0.1) is 25.7 Å². The van der Waals surface area contributed by atoms with E-state index in [1.54, 1.807) is 0 Å². The van der Waals surface area contributed by atoms with E-state index in [1.165, 1.54) is 19.3 Å². The van der Waals surface area contributed by atoms with Crippen molar-refractivity contribution in [1.82, 2.24) is 15.5 Å². The molecule has 0 radical (unpaired) electrons. The zero-order valence-electron chi connectivity index (χ0n) is 10.8. The second kappa shape index (κ2) is 4.90. The molecular weight excluding hydrogens is 214 g/mol. The Balaban J connectivity index is 1.94. The van der Waals surface area contributed by atoms with Gasteiger partial charge in [0, 0.05) is 12.2 Å². The second-order valence-electron chi connectivity index (χ2n) is 5.19. The number of aromatic nitrogens is 2. The Bertz CT molecular complexity index is 391. The molecule has 1 aromatic heterocycles. The first-order valence-electron chi connectivity index (χ1n) is 6.39. The number of carbonyl (C=O) groups excluding carboxylic acids is 1. The molecule has 1 aliphatic rings. The average molecular weight is 235 g/mol. The monoisotopic (exact) mass is 235 g/mol. The molecule has 4 nitrogen and oxygen atoms in total. The highest BCUT2D eigenvalue weighted by molar-refractivity contribution is 5.96. The molecule has 94 valence electrons. The van der Waals surface area contributed by atoms with Crippen molar-refractivity contribution in [3.8, 4) is 0 Å². The van der Waals surface area contributed by atoms with E-state index in [2.05, 4.69) is 22.4 Å². The van der Waals surface area contributed by atoms with Crippen molar-refractivity contribution in [2.24, 2.45) is 11.8 Å². The summed E-state index contributed by atoms with van der Waals surface area (Å²) in [4.78, 5) is 12.0. The first kappa shape index (κ1) is 12.1. The Kier molecular flexibility index (Phi) is 3.50. The Morgan fingerprint density at radius 1 is 1.47 bits per heavy atom. The number of carbonyl (C=O) groups is 1. The van der Waals surface area contributed by atoms with E-state index in [-0.39, 0.29) is 5.91 Å². The minimum absolute atomic E-state index is 0.00727. The first-order valence-corrected chi connectivity index (χ1v) is 6.39. The maximum atomic E-state index is 12.0. The fraction of sp³-hybridized carbons (Fsp3) is 0.692. The fourth-order valence-electron chi connectivity index (χ4n) is 2.72. The van der Waals surface area contributed by atoms with Gasteiger partial charge in [0.2, 0.25) is 0 Å². The third-order valence-electron chi connectivity index (χ3n) is 3.92. The zero-order chi connectivity index (χ0) is 12.4. The first-order chi connectivity index (χ1) is 8.09. The topological polar surface area (TPSA) is 57.8 Å². The predicted molar refractivity (Wildman–Crippen MR) is 66.9 cm³/mol. The molecule has 1 amide bonds. The Morgan fingerprint density at radius 3 is 2.76 bits per heavy atom. The van der Waals surface area contributed by atoms with Crippen LogP contribution in [0.2, 0.25) is 0 Å². The van der Waals surface area contributed by atoms with Crippen LogP contribution in [0.5, 0.6) is 0 Å². The number of hydrogen-bond acceptors (Lipinski definition) is 2. The molecule has 1 saturated carbocycles. The van der Waals surface area contributed by atoms with Gasteiger partial charge in [0.25, 0.3) is 5.91 Å². The largest absolute Gasteiger partial charge is 0.352 e. The number of nitrogens with one attached hydrogen (secondary N) is 2. The van der Waals surface area contributed by atoms with Crippen LogP contribution in [0.25, 0.3) is 0 Å². The van der Waals surface area contributed by atoms with Gasteiger partial charge in [-0.15, -0.1) is 0 Å². The van der Waals surface area contributed by atoms with E-state index >= 15 is 0 Å². The smallest absolute Gasteiger partial charge is 0.255 e. The number of nitrogens with zero attached hydrogens (tertiary/aromatic N) is 1. The normalized spacial score (nSPS) is 23.9. The summed E-state index contributed by atoms with van der Waals surface area (Å²) in [6.45, 7) is 6.81. The lowest BCUT2D eigenvalue weighted by Gasteiger charge is -2.15. The number of rotatable bonds is 3. The van der Waals surface area contributed by atoms with Crippen molar-refractivity contribution >= 4 is 5.91 Å². The summed E-state index contributed by atoms with van der Waals surface area (Å²) in [5.41, 5.74) is 2.33. The number of amides is 1. The van der Waals surface area contributed by atoms with Crippen LogP contribution in [0.4, 0.5) is 0 Å².